The van der Waals surface area contributed by atoms with E-state index < -0.39 is 0 Å². The fourth-order valence-corrected chi connectivity index (χ4v) is 3.06. The Morgan fingerprint density at radius 1 is 0.952 bits per heavy atom. The van der Waals surface area contributed by atoms with Gasteiger partial charge in [-0.25, -0.2) is 4.57 Å². The van der Waals surface area contributed by atoms with E-state index in [2.05, 4.69) is 63.5 Å². The molecule has 0 aliphatic heterocycles. The number of hydrogen-bond donors (Lipinski definition) is 1. The van der Waals surface area contributed by atoms with Crippen molar-refractivity contribution in [3.05, 3.63) is 49.1 Å². The van der Waals surface area contributed by atoms with Gasteiger partial charge in [0.1, 0.15) is 7.05 Å². The van der Waals surface area contributed by atoms with Crippen molar-refractivity contribution >= 4 is 0 Å². The van der Waals surface area contributed by atoms with Gasteiger partial charge in [-0.05, 0) is 29.9 Å². The van der Waals surface area contributed by atoms with Crippen molar-refractivity contribution in [2.75, 3.05) is 6.54 Å². The molecule has 1 aliphatic carbocycles. The van der Waals surface area contributed by atoms with Crippen LogP contribution in [-0.4, -0.2) is 6.54 Å². The molecule has 3 nitrogen and oxygen atoms in total. The van der Waals surface area contributed by atoms with E-state index in [-0.39, 0.29) is 0 Å². The van der Waals surface area contributed by atoms with Crippen LogP contribution in [0.25, 0.3) is 11.1 Å². The summed E-state index contributed by atoms with van der Waals surface area (Å²) in [5.41, 5.74) is 2.53. The van der Waals surface area contributed by atoms with Gasteiger partial charge in [-0.1, -0.05) is 12.8 Å². The van der Waals surface area contributed by atoms with Crippen LogP contribution in [0.2, 0.25) is 0 Å². The summed E-state index contributed by atoms with van der Waals surface area (Å²) in [7, 11) is 2.04. The van der Waals surface area contributed by atoms with Gasteiger partial charge in [0.25, 0.3) is 0 Å². The predicted octanol–water partition coefficient (Wildman–Crippen LogP) is 2.20. The highest BCUT2D eigenvalue weighted by Gasteiger charge is 2.14. The molecular weight excluding hydrogens is 258 g/mol. The highest BCUT2D eigenvalue weighted by Crippen LogP contribution is 2.23. The second-order valence-electron chi connectivity index (χ2n) is 6.12. The molecule has 2 heterocycles. The molecule has 0 unspecified atom stereocenters. The molecule has 2 aromatic heterocycles. The van der Waals surface area contributed by atoms with Crippen LogP contribution in [-0.2, 0) is 13.7 Å². The SMILES string of the molecule is C[n+]1ccc(-c2cc[n+](CNCC3CCCC3)cc2)cc1. The largest absolute Gasteiger partial charge is 0.261 e. The first-order valence-electron chi connectivity index (χ1n) is 7.97. The van der Waals surface area contributed by atoms with Gasteiger partial charge in [0.15, 0.2) is 24.8 Å². The Bertz CT molecular complexity index is 554. The Balaban J connectivity index is 1.55. The van der Waals surface area contributed by atoms with E-state index in [1.165, 1.54) is 36.8 Å². The first kappa shape index (κ1) is 14.2. The summed E-state index contributed by atoms with van der Waals surface area (Å²) in [6.07, 6.45) is 14.1. The predicted molar refractivity (Wildman–Crippen MR) is 83.2 cm³/mol. The maximum Gasteiger partial charge on any atom is 0.202 e. The molecule has 0 radical (unpaired) electrons. The van der Waals surface area contributed by atoms with Crippen molar-refractivity contribution < 1.29 is 9.13 Å². The van der Waals surface area contributed by atoms with E-state index in [1.807, 2.05) is 7.05 Å². The highest BCUT2D eigenvalue weighted by atomic mass is 15.1. The Morgan fingerprint density at radius 3 is 2.14 bits per heavy atom. The average Bonchev–Trinajstić information content (AvgIpc) is 3.02. The van der Waals surface area contributed by atoms with Crippen molar-refractivity contribution in [3.63, 3.8) is 0 Å². The van der Waals surface area contributed by atoms with Crippen molar-refractivity contribution in [3.8, 4) is 11.1 Å². The van der Waals surface area contributed by atoms with Crippen LogP contribution in [0.15, 0.2) is 49.1 Å². The minimum absolute atomic E-state index is 0.898. The van der Waals surface area contributed by atoms with Gasteiger partial charge in [-0.15, -0.1) is 0 Å². The molecule has 0 amide bonds. The monoisotopic (exact) mass is 283 g/mol. The molecule has 0 spiro atoms. The molecule has 0 atom stereocenters. The zero-order valence-corrected chi connectivity index (χ0v) is 12.8. The molecule has 0 aromatic carbocycles. The van der Waals surface area contributed by atoms with E-state index >= 15 is 0 Å². The Kier molecular flexibility index (Phi) is 4.61. The van der Waals surface area contributed by atoms with Crippen molar-refractivity contribution in [1.82, 2.24) is 5.32 Å². The van der Waals surface area contributed by atoms with E-state index in [0.29, 0.717) is 0 Å². The molecule has 3 rings (SSSR count). The molecule has 3 heteroatoms. The minimum atomic E-state index is 0.898. The summed E-state index contributed by atoms with van der Waals surface area (Å²) in [4.78, 5) is 0. The third kappa shape index (κ3) is 3.88. The third-order valence-electron chi connectivity index (χ3n) is 4.41. The molecule has 110 valence electrons. The number of rotatable bonds is 5. The smallest absolute Gasteiger partial charge is 0.202 e. The van der Waals surface area contributed by atoms with Gasteiger partial charge in [0.05, 0.1) is 0 Å². The second-order valence-corrected chi connectivity index (χ2v) is 6.12. The van der Waals surface area contributed by atoms with E-state index in [0.717, 1.165) is 19.1 Å². The third-order valence-corrected chi connectivity index (χ3v) is 4.41. The van der Waals surface area contributed by atoms with Gasteiger partial charge in [0, 0.05) is 30.8 Å². The number of nitrogens with one attached hydrogen (secondary N) is 1. The van der Waals surface area contributed by atoms with Gasteiger partial charge in [-0.2, -0.15) is 4.57 Å². The molecule has 1 fully saturated rings. The maximum atomic E-state index is 3.57. The van der Waals surface area contributed by atoms with Crippen LogP contribution >= 0.6 is 0 Å². The Morgan fingerprint density at radius 2 is 1.52 bits per heavy atom. The van der Waals surface area contributed by atoms with Crippen LogP contribution < -0.4 is 14.5 Å². The second kappa shape index (κ2) is 6.81. The molecule has 2 aromatic rings. The molecule has 0 bridgehead atoms. The number of pyridine rings is 2. The van der Waals surface area contributed by atoms with Gasteiger partial charge in [-0.3, -0.25) is 5.32 Å². The number of nitrogens with zero attached hydrogens (tertiary/aromatic N) is 2. The van der Waals surface area contributed by atoms with Gasteiger partial charge in [0.2, 0.25) is 6.67 Å². The Labute approximate surface area is 127 Å². The topological polar surface area (TPSA) is 19.8 Å². The van der Waals surface area contributed by atoms with Crippen LogP contribution in [0, 0.1) is 5.92 Å². The molecule has 0 saturated heterocycles. The van der Waals surface area contributed by atoms with Crippen LogP contribution in [0.5, 0.6) is 0 Å². The van der Waals surface area contributed by atoms with E-state index in [4.69, 9.17) is 0 Å². The number of hydrogen-bond acceptors (Lipinski definition) is 1. The zero-order chi connectivity index (χ0) is 14.5. The molecular formula is C18H25N3+2. The molecule has 1 N–H and O–H groups in total. The number of aromatic nitrogens is 2. The normalized spacial score (nSPS) is 15.5. The van der Waals surface area contributed by atoms with Gasteiger partial charge >= 0.3 is 0 Å². The quantitative estimate of drug-likeness (QED) is 0.834. The zero-order valence-electron chi connectivity index (χ0n) is 12.8. The Hall–Kier alpha value is -1.74. The summed E-state index contributed by atoms with van der Waals surface area (Å²) < 4.78 is 4.26. The average molecular weight is 283 g/mol. The fourth-order valence-electron chi connectivity index (χ4n) is 3.06. The maximum absolute atomic E-state index is 3.57. The summed E-state index contributed by atoms with van der Waals surface area (Å²) >= 11 is 0. The van der Waals surface area contributed by atoms with E-state index in [9.17, 15) is 0 Å². The lowest BCUT2D eigenvalue weighted by molar-refractivity contribution is -0.701. The minimum Gasteiger partial charge on any atom is -0.261 e. The van der Waals surface area contributed by atoms with Crippen molar-refractivity contribution in [1.29, 1.82) is 0 Å². The summed E-state index contributed by atoms with van der Waals surface area (Å²) in [5.74, 6) is 0.898. The lowest BCUT2D eigenvalue weighted by Crippen LogP contribution is -2.42. The summed E-state index contributed by atoms with van der Waals surface area (Å²) in [6, 6.07) is 8.68. The van der Waals surface area contributed by atoms with Crippen LogP contribution in [0.1, 0.15) is 25.7 Å². The van der Waals surface area contributed by atoms with Crippen LogP contribution in [0.3, 0.4) is 0 Å². The first-order valence-corrected chi connectivity index (χ1v) is 7.97. The van der Waals surface area contributed by atoms with Crippen LogP contribution in [0.4, 0.5) is 0 Å². The van der Waals surface area contributed by atoms with E-state index in [1.54, 1.807) is 0 Å². The first-order chi connectivity index (χ1) is 10.3. The number of aryl methyl sites for hydroxylation is 1. The summed E-state index contributed by atoms with van der Waals surface area (Å²) in [6.45, 7) is 2.06. The summed E-state index contributed by atoms with van der Waals surface area (Å²) in [5, 5.41) is 3.57. The van der Waals surface area contributed by atoms with Crippen molar-refractivity contribution in [2.24, 2.45) is 13.0 Å². The molecule has 1 aliphatic rings. The fraction of sp³-hybridized carbons (Fsp3) is 0.444. The highest BCUT2D eigenvalue weighted by molar-refractivity contribution is 5.60. The lowest BCUT2D eigenvalue weighted by atomic mass is 10.1. The molecule has 21 heavy (non-hydrogen) atoms. The van der Waals surface area contributed by atoms with Crippen molar-refractivity contribution in [2.45, 2.75) is 32.4 Å². The van der Waals surface area contributed by atoms with Gasteiger partial charge < -0.3 is 0 Å². The molecule has 1 saturated carbocycles. The standard InChI is InChI=1S/C18H25N3/c1-20-10-6-17(7-11-20)18-8-12-21(13-9-18)15-19-14-16-4-2-3-5-16/h6-13,16,19H,2-5,14-15H2,1H3/q+2. The lowest BCUT2D eigenvalue weighted by Gasteiger charge is -2.08.